The molecule has 6 nitrogen and oxygen atoms in total. The van der Waals surface area contributed by atoms with Crippen LogP contribution in [0.15, 0.2) is 121 Å². The molecule has 49 heavy (non-hydrogen) atoms. The van der Waals surface area contributed by atoms with Crippen LogP contribution < -0.4 is 9.47 Å². The number of fused-ring (bicyclic) bond motifs is 1. The van der Waals surface area contributed by atoms with E-state index in [0.717, 1.165) is 59.8 Å². The van der Waals surface area contributed by atoms with Crippen molar-refractivity contribution in [2.24, 2.45) is 0 Å². The van der Waals surface area contributed by atoms with Crippen LogP contribution in [0.4, 0.5) is 0 Å². The van der Waals surface area contributed by atoms with Crippen molar-refractivity contribution in [2.45, 2.75) is 30.5 Å². The molecule has 2 saturated heterocycles. The molecule has 0 spiro atoms. The molecule has 1 aliphatic carbocycles. The predicted molar refractivity (Wildman–Crippen MR) is 191 cm³/mol. The maximum atomic E-state index is 6.38. The van der Waals surface area contributed by atoms with Crippen LogP contribution in [0.3, 0.4) is 0 Å². The summed E-state index contributed by atoms with van der Waals surface area (Å²) in [6.45, 7) is 4.80. The molecule has 0 N–H and O–H groups in total. The van der Waals surface area contributed by atoms with Gasteiger partial charge in [0.05, 0.1) is 39.6 Å². The third kappa shape index (κ3) is 7.15. The van der Waals surface area contributed by atoms with Crippen LogP contribution in [-0.4, -0.2) is 65.1 Å². The summed E-state index contributed by atoms with van der Waals surface area (Å²) >= 11 is 0. The highest BCUT2D eigenvalue weighted by molar-refractivity contribution is 5.75. The van der Waals surface area contributed by atoms with E-state index in [2.05, 4.69) is 121 Å². The predicted octanol–water partition coefficient (Wildman–Crippen LogP) is 7.89. The summed E-state index contributed by atoms with van der Waals surface area (Å²) < 4.78 is 34.9. The Morgan fingerprint density at radius 1 is 0.551 bits per heavy atom. The van der Waals surface area contributed by atoms with Gasteiger partial charge >= 0.3 is 0 Å². The van der Waals surface area contributed by atoms with Gasteiger partial charge in [-0.25, -0.2) is 0 Å². The summed E-state index contributed by atoms with van der Waals surface area (Å²) in [6.07, 6.45) is 2.45. The highest BCUT2D eigenvalue weighted by atomic mass is 16.6. The Labute approximate surface area is 288 Å². The fourth-order valence-corrected chi connectivity index (χ4v) is 7.09. The van der Waals surface area contributed by atoms with E-state index in [4.69, 9.17) is 28.4 Å². The maximum Gasteiger partial charge on any atom is 0.127 e. The van der Waals surface area contributed by atoms with Crippen molar-refractivity contribution in [3.8, 4) is 33.8 Å². The van der Waals surface area contributed by atoms with Gasteiger partial charge in [0.25, 0.3) is 0 Å². The van der Waals surface area contributed by atoms with Crippen molar-refractivity contribution in [3.63, 3.8) is 0 Å². The lowest BCUT2D eigenvalue weighted by molar-refractivity contribution is 0.0880. The van der Waals surface area contributed by atoms with E-state index in [1.807, 2.05) is 0 Å². The van der Waals surface area contributed by atoms with Gasteiger partial charge in [0.2, 0.25) is 0 Å². The second-order valence-electron chi connectivity index (χ2n) is 13.0. The second kappa shape index (κ2) is 14.6. The molecule has 0 radical (unpaired) electrons. The monoisotopic (exact) mass is 654 g/mol. The summed E-state index contributed by atoms with van der Waals surface area (Å²) in [4.78, 5) is 0. The van der Waals surface area contributed by atoms with Crippen molar-refractivity contribution >= 4 is 0 Å². The van der Waals surface area contributed by atoms with Gasteiger partial charge in [-0.1, -0.05) is 97.1 Å². The highest BCUT2D eigenvalue weighted by Gasteiger charge is 2.42. The maximum absolute atomic E-state index is 6.38. The summed E-state index contributed by atoms with van der Waals surface area (Å²) in [5.74, 6) is 1.71. The largest absolute Gasteiger partial charge is 0.491 e. The Morgan fingerprint density at radius 3 is 1.55 bits per heavy atom. The molecule has 8 rings (SSSR count). The van der Waals surface area contributed by atoms with E-state index in [1.165, 1.54) is 22.3 Å². The molecule has 0 bridgehead atoms. The lowest BCUT2D eigenvalue weighted by Crippen LogP contribution is -2.27. The van der Waals surface area contributed by atoms with Gasteiger partial charge < -0.3 is 28.4 Å². The molecule has 2 heterocycles. The Kier molecular flexibility index (Phi) is 9.45. The Bertz CT molecular complexity index is 1740. The minimum atomic E-state index is -0.360. The van der Waals surface area contributed by atoms with Gasteiger partial charge in [0.1, 0.15) is 36.9 Å². The molecule has 5 aromatic carbocycles. The average molecular weight is 655 g/mol. The molecule has 0 aromatic heterocycles. The molecular weight excluding hydrogens is 612 g/mol. The first-order valence-corrected chi connectivity index (χ1v) is 17.4. The quantitative estimate of drug-likeness (QED) is 0.0797. The summed E-state index contributed by atoms with van der Waals surface area (Å²) in [6, 6.07) is 43.5. The van der Waals surface area contributed by atoms with Crippen LogP contribution >= 0.6 is 0 Å². The summed E-state index contributed by atoms with van der Waals surface area (Å²) in [5.41, 5.74) is 9.26. The molecule has 0 saturated carbocycles. The first-order valence-electron chi connectivity index (χ1n) is 17.4. The molecule has 250 valence electrons. The molecule has 6 heteroatoms. The van der Waals surface area contributed by atoms with Gasteiger partial charge in [-0.3, -0.25) is 0 Å². The number of epoxide rings is 2. The number of hydrogen-bond donors (Lipinski definition) is 0. The van der Waals surface area contributed by atoms with Gasteiger partial charge in [-0.2, -0.15) is 0 Å². The molecule has 2 unspecified atom stereocenters. The van der Waals surface area contributed by atoms with Gasteiger partial charge in [-0.05, 0) is 70.5 Å². The fourth-order valence-electron chi connectivity index (χ4n) is 7.09. The topological polar surface area (TPSA) is 62.0 Å². The number of benzene rings is 5. The zero-order valence-corrected chi connectivity index (χ0v) is 27.7. The number of aryl methyl sites for hydroxylation is 1. The third-order valence-electron chi connectivity index (χ3n) is 9.74. The number of ether oxygens (including phenoxy) is 6. The molecule has 5 aromatic rings. The fraction of sp³-hybridized carbons (Fsp3) is 0.302. The molecule has 2 atom stereocenters. The van der Waals surface area contributed by atoms with Gasteiger partial charge in [-0.15, -0.1) is 0 Å². The first kappa shape index (κ1) is 31.8. The van der Waals surface area contributed by atoms with E-state index in [0.29, 0.717) is 39.6 Å². The van der Waals surface area contributed by atoms with E-state index in [1.54, 1.807) is 0 Å². The Balaban J connectivity index is 1.17. The van der Waals surface area contributed by atoms with E-state index in [-0.39, 0.29) is 17.6 Å². The average Bonchev–Trinajstić information content (AvgIpc) is 4.11. The Morgan fingerprint density at radius 2 is 1.04 bits per heavy atom. The van der Waals surface area contributed by atoms with Gasteiger partial charge in [0, 0.05) is 16.5 Å². The van der Waals surface area contributed by atoms with Gasteiger partial charge in [0.15, 0.2) is 0 Å². The van der Waals surface area contributed by atoms with E-state index in [9.17, 15) is 0 Å². The SMILES string of the molecule is c1ccc(-c2cc(C3(c4ccc(OCCOCC5CO5)c(-c5ccccc5)c4)CCc4ccccc43)ccc2OCCOCC2CO2)cc1. The third-order valence-corrected chi connectivity index (χ3v) is 9.74. The van der Waals surface area contributed by atoms with Crippen molar-refractivity contribution in [2.75, 3.05) is 52.9 Å². The smallest absolute Gasteiger partial charge is 0.127 e. The zero-order chi connectivity index (χ0) is 32.9. The molecule has 0 amide bonds. The van der Waals surface area contributed by atoms with Crippen LogP contribution in [0, 0.1) is 0 Å². The zero-order valence-electron chi connectivity index (χ0n) is 27.7. The van der Waals surface area contributed by atoms with Crippen molar-refractivity contribution in [3.05, 3.63) is 144 Å². The minimum Gasteiger partial charge on any atom is -0.491 e. The first-order chi connectivity index (χ1) is 24.3. The van der Waals surface area contributed by atoms with Crippen LogP contribution in [0.25, 0.3) is 22.3 Å². The van der Waals surface area contributed by atoms with E-state index >= 15 is 0 Å². The van der Waals surface area contributed by atoms with Crippen molar-refractivity contribution in [1.82, 2.24) is 0 Å². The van der Waals surface area contributed by atoms with Crippen LogP contribution in [0.5, 0.6) is 11.5 Å². The molecule has 2 aliphatic heterocycles. The molecule has 2 fully saturated rings. The van der Waals surface area contributed by atoms with Crippen molar-refractivity contribution < 1.29 is 28.4 Å². The minimum absolute atomic E-state index is 0.245. The van der Waals surface area contributed by atoms with Crippen LogP contribution in [-0.2, 0) is 30.8 Å². The lowest BCUT2D eigenvalue weighted by Gasteiger charge is -2.34. The summed E-state index contributed by atoms with van der Waals surface area (Å²) in [5, 5.41) is 0. The lowest BCUT2D eigenvalue weighted by atomic mass is 9.69. The highest BCUT2D eigenvalue weighted by Crippen LogP contribution is 2.51. The molecule has 3 aliphatic rings. The second-order valence-corrected chi connectivity index (χ2v) is 13.0. The Hall–Kier alpha value is -4.46. The number of hydrogen-bond acceptors (Lipinski definition) is 6. The van der Waals surface area contributed by atoms with Crippen molar-refractivity contribution in [1.29, 1.82) is 0 Å². The summed E-state index contributed by atoms with van der Waals surface area (Å²) in [7, 11) is 0. The molecular formula is C43H42O6. The standard InChI is InChI=1S/C43H42O6/c1-3-9-31(10-4-1)38-25-34(15-17-41(38)46-23-21-44-27-36-29-48-36)43(20-19-33-13-7-8-14-40(33)43)35-16-18-42(47-24-22-45-28-37-30-49-37)39(26-35)32-11-5-2-6-12-32/h1-18,25-26,36-37H,19-24,27-30H2. The number of rotatable bonds is 16. The van der Waals surface area contributed by atoms with Crippen LogP contribution in [0.2, 0.25) is 0 Å². The van der Waals surface area contributed by atoms with Crippen LogP contribution in [0.1, 0.15) is 28.7 Å². The van der Waals surface area contributed by atoms with E-state index < -0.39 is 0 Å². The normalized spacial score (nSPS) is 20.5.